The van der Waals surface area contributed by atoms with Crippen LogP contribution in [-0.2, 0) is 6.54 Å². The molecule has 1 aromatic carbocycles. The second kappa shape index (κ2) is 6.76. The lowest BCUT2D eigenvalue weighted by Crippen LogP contribution is -2.31. The summed E-state index contributed by atoms with van der Waals surface area (Å²) in [6, 6.07) is 6.64. The number of hydrogen-bond donors (Lipinski definition) is 2. The van der Waals surface area contributed by atoms with Gasteiger partial charge in [0.1, 0.15) is 5.65 Å². The van der Waals surface area contributed by atoms with Gasteiger partial charge in [0.25, 0.3) is 11.5 Å². The van der Waals surface area contributed by atoms with Crippen molar-refractivity contribution in [3.8, 4) is 0 Å². The minimum Gasteiger partial charge on any atom is -0.322 e. The monoisotopic (exact) mass is 372 g/mol. The molecule has 0 saturated carbocycles. The molecule has 3 rings (SSSR count). The molecule has 0 unspecified atom stereocenters. The van der Waals surface area contributed by atoms with Crippen LogP contribution in [0.2, 0.25) is 5.02 Å². The van der Waals surface area contributed by atoms with Gasteiger partial charge >= 0.3 is 5.69 Å². The van der Waals surface area contributed by atoms with Gasteiger partial charge in [0.2, 0.25) is 0 Å². The molecule has 134 valence electrons. The maximum Gasteiger partial charge on any atom is 0.329 e. The van der Waals surface area contributed by atoms with E-state index >= 15 is 0 Å². The molecule has 0 radical (unpaired) electrons. The molecule has 8 heteroatoms. The number of benzene rings is 1. The maximum atomic E-state index is 12.7. The molecule has 0 aliphatic carbocycles. The van der Waals surface area contributed by atoms with E-state index in [0.717, 1.165) is 5.56 Å². The molecule has 0 aliphatic heterocycles. The predicted octanol–water partition coefficient (Wildman–Crippen LogP) is 2.63. The van der Waals surface area contributed by atoms with Crippen LogP contribution in [0.4, 0.5) is 5.69 Å². The van der Waals surface area contributed by atoms with Crippen molar-refractivity contribution in [3.05, 3.63) is 66.9 Å². The van der Waals surface area contributed by atoms with E-state index in [9.17, 15) is 14.4 Å². The summed E-state index contributed by atoms with van der Waals surface area (Å²) in [6.07, 6.45) is 0. The molecule has 2 N–H and O–H groups in total. The molecule has 26 heavy (non-hydrogen) atoms. The SMILES string of the molecule is CCn1c(=O)[nH]c(=O)c2cc(C(=O)Nc3cc(Cl)ccc3C)c(C)nc21. The molecule has 0 spiro atoms. The number of halogens is 1. The number of anilines is 1. The van der Waals surface area contributed by atoms with Crippen molar-refractivity contribution in [2.75, 3.05) is 5.32 Å². The Hall–Kier alpha value is -2.93. The molecular weight excluding hydrogens is 356 g/mol. The zero-order valence-corrected chi connectivity index (χ0v) is 15.3. The number of nitrogens with one attached hydrogen (secondary N) is 2. The topological polar surface area (TPSA) is 96.9 Å². The highest BCUT2D eigenvalue weighted by Crippen LogP contribution is 2.22. The quantitative estimate of drug-likeness (QED) is 0.738. The van der Waals surface area contributed by atoms with Gasteiger partial charge in [-0.05, 0) is 44.5 Å². The lowest BCUT2D eigenvalue weighted by atomic mass is 10.1. The Kier molecular flexibility index (Phi) is 4.65. The van der Waals surface area contributed by atoms with Crippen LogP contribution in [0.15, 0.2) is 33.9 Å². The molecule has 0 atom stereocenters. The van der Waals surface area contributed by atoms with Gasteiger partial charge in [0, 0.05) is 17.3 Å². The second-order valence-electron chi connectivity index (χ2n) is 5.91. The lowest BCUT2D eigenvalue weighted by molar-refractivity contribution is 0.102. The number of aryl methyl sites for hydroxylation is 3. The summed E-state index contributed by atoms with van der Waals surface area (Å²) in [4.78, 5) is 43.3. The van der Waals surface area contributed by atoms with Gasteiger partial charge in [-0.25, -0.2) is 9.78 Å². The largest absolute Gasteiger partial charge is 0.329 e. The zero-order valence-electron chi connectivity index (χ0n) is 14.5. The van der Waals surface area contributed by atoms with Crippen LogP contribution < -0.4 is 16.6 Å². The van der Waals surface area contributed by atoms with Crippen LogP contribution in [0.3, 0.4) is 0 Å². The summed E-state index contributed by atoms with van der Waals surface area (Å²) in [5, 5.41) is 3.48. The molecule has 0 aliphatic rings. The summed E-state index contributed by atoms with van der Waals surface area (Å²) in [6.45, 7) is 5.64. The van der Waals surface area contributed by atoms with Crippen molar-refractivity contribution in [1.29, 1.82) is 0 Å². The number of aromatic nitrogens is 3. The summed E-state index contributed by atoms with van der Waals surface area (Å²) in [7, 11) is 0. The predicted molar refractivity (Wildman–Crippen MR) is 101 cm³/mol. The highest BCUT2D eigenvalue weighted by molar-refractivity contribution is 6.31. The molecule has 3 aromatic rings. The van der Waals surface area contributed by atoms with Crippen molar-refractivity contribution < 1.29 is 4.79 Å². The molecule has 2 heterocycles. The van der Waals surface area contributed by atoms with Gasteiger partial charge < -0.3 is 5.32 Å². The van der Waals surface area contributed by atoms with Crippen LogP contribution in [0.5, 0.6) is 0 Å². The highest BCUT2D eigenvalue weighted by Gasteiger charge is 2.16. The van der Waals surface area contributed by atoms with E-state index in [2.05, 4.69) is 15.3 Å². The molecule has 0 fully saturated rings. The van der Waals surface area contributed by atoms with E-state index in [4.69, 9.17) is 11.6 Å². The number of pyridine rings is 1. The second-order valence-corrected chi connectivity index (χ2v) is 6.35. The van der Waals surface area contributed by atoms with Gasteiger partial charge in [0.05, 0.1) is 16.6 Å². The first-order valence-electron chi connectivity index (χ1n) is 8.03. The Bertz CT molecular complexity index is 1150. The molecule has 1 amide bonds. The van der Waals surface area contributed by atoms with Gasteiger partial charge in [-0.2, -0.15) is 0 Å². The fraction of sp³-hybridized carbons (Fsp3) is 0.222. The van der Waals surface area contributed by atoms with E-state index in [1.807, 2.05) is 6.92 Å². The number of H-pyrrole nitrogens is 1. The van der Waals surface area contributed by atoms with Crippen molar-refractivity contribution in [2.45, 2.75) is 27.3 Å². The Labute approximate surface area is 153 Å². The molecule has 0 bridgehead atoms. The van der Waals surface area contributed by atoms with Crippen molar-refractivity contribution >= 4 is 34.2 Å². The third-order valence-electron chi connectivity index (χ3n) is 4.17. The van der Waals surface area contributed by atoms with Gasteiger partial charge in [0.15, 0.2) is 0 Å². The van der Waals surface area contributed by atoms with Crippen LogP contribution >= 0.6 is 11.6 Å². The van der Waals surface area contributed by atoms with E-state index in [0.29, 0.717) is 22.9 Å². The average molecular weight is 373 g/mol. The minimum absolute atomic E-state index is 0.185. The first-order chi connectivity index (χ1) is 12.3. The number of nitrogens with zero attached hydrogens (tertiary/aromatic N) is 2. The van der Waals surface area contributed by atoms with E-state index < -0.39 is 17.2 Å². The number of fused-ring (bicyclic) bond motifs is 1. The fourth-order valence-corrected chi connectivity index (χ4v) is 2.91. The van der Waals surface area contributed by atoms with Crippen molar-refractivity contribution in [2.24, 2.45) is 0 Å². The third kappa shape index (κ3) is 3.13. The Balaban J connectivity index is 2.12. The Morgan fingerprint density at radius 3 is 2.69 bits per heavy atom. The maximum absolute atomic E-state index is 12.7. The number of aromatic amines is 1. The summed E-state index contributed by atoms with van der Waals surface area (Å²) >= 11 is 5.98. The number of carbonyl (C=O) groups excluding carboxylic acids is 1. The fourth-order valence-electron chi connectivity index (χ4n) is 2.74. The Morgan fingerprint density at radius 1 is 1.27 bits per heavy atom. The molecule has 2 aromatic heterocycles. The molecular formula is C18H17ClN4O3. The highest BCUT2D eigenvalue weighted by atomic mass is 35.5. The summed E-state index contributed by atoms with van der Waals surface area (Å²) in [5.74, 6) is -0.407. The Morgan fingerprint density at radius 2 is 2.00 bits per heavy atom. The van der Waals surface area contributed by atoms with Crippen LogP contribution in [-0.4, -0.2) is 20.4 Å². The standard InChI is InChI=1S/C18H17ClN4O3/c1-4-23-15-13(17(25)22-18(23)26)8-12(10(3)20-15)16(24)21-14-7-11(19)6-5-9(14)2/h5-8H,4H2,1-3H3,(H,21,24)(H,22,25,26). The van der Waals surface area contributed by atoms with Crippen LogP contribution in [0, 0.1) is 13.8 Å². The van der Waals surface area contributed by atoms with E-state index in [-0.39, 0.29) is 16.6 Å². The minimum atomic E-state index is -0.574. The summed E-state index contributed by atoms with van der Waals surface area (Å²) in [5.41, 5.74) is 1.26. The van der Waals surface area contributed by atoms with Crippen LogP contribution in [0.1, 0.15) is 28.5 Å². The van der Waals surface area contributed by atoms with E-state index in [1.54, 1.807) is 32.0 Å². The normalized spacial score (nSPS) is 10.9. The van der Waals surface area contributed by atoms with Crippen molar-refractivity contribution in [3.63, 3.8) is 0 Å². The third-order valence-corrected chi connectivity index (χ3v) is 4.40. The van der Waals surface area contributed by atoms with Gasteiger partial charge in [-0.1, -0.05) is 17.7 Å². The first-order valence-corrected chi connectivity index (χ1v) is 8.41. The van der Waals surface area contributed by atoms with Crippen LogP contribution in [0.25, 0.3) is 11.0 Å². The summed E-state index contributed by atoms with van der Waals surface area (Å²) < 4.78 is 1.35. The lowest BCUT2D eigenvalue weighted by Gasteiger charge is -2.12. The van der Waals surface area contributed by atoms with Gasteiger partial charge in [-0.15, -0.1) is 0 Å². The smallest absolute Gasteiger partial charge is 0.322 e. The zero-order chi connectivity index (χ0) is 19.0. The first kappa shape index (κ1) is 17.9. The number of hydrogen-bond acceptors (Lipinski definition) is 4. The number of amides is 1. The number of rotatable bonds is 3. The van der Waals surface area contributed by atoms with Gasteiger partial charge in [-0.3, -0.25) is 19.1 Å². The van der Waals surface area contributed by atoms with E-state index in [1.165, 1.54) is 10.6 Å². The van der Waals surface area contributed by atoms with Crippen molar-refractivity contribution in [1.82, 2.24) is 14.5 Å². The number of carbonyl (C=O) groups is 1. The molecule has 0 saturated heterocycles. The average Bonchev–Trinajstić information content (AvgIpc) is 2.58. The molecule has 7 nitrogen and oxygen atoms in total.